The lowest BCUT2D eigenvalue weighted by Crippen LogP contribution is -1.90. The lowest BCUT2D eigenvalue weighted by atomic mass is 9.90. The van der Waals surface area contributed by atoms with Gasteiger partial charge in [0.2, 0.25) is 0 Å². The molecule has 6 aromatic heterocycles. The van der Waals surface area contributed by atoms with Gasteiger partial charge in [0.1, 0.15) is 0 Å². The van der Waals surface area contributed by atoms with E-state index < -0.39 is 0 Å². The Morgan fingerprint density at radius 1 is 0.130 bits per heavy atom. The molecule has 0 saturated heterocycles. The van der Waals surface area contributed by atoms with Gasteiger partial charge >= 0.3 is 0 Å². The molecule has 9 heteroatoms. The van der Waals surface area contributed by atoms with Gasteiger partial charge in [0.25, 0.3) is 0 Å². The number of fused-ring (bicyclic) bond motifs is 28. The summed E-state index contributed by atoms with van der Waals surface area (Å²) in [6.07, 6.45) is 10.7. The van der Waals surface area contributed by atoms with Crippen molar-refractivity contribution in [1.82, 2.24) is 29.9 Å². The van der Waals surface area contributed by atoms with E-state index in [1.54, 1.807) is 37.2 Å². The van der Waals surface area contributed by atoms with Crippen LogP contribution < -0.4 is 0 Å². The zero-order chi connectivity index (χ0) is 75.6. The molecule has 0 aliphatic heterocycles. The standard InChI is InChI=1S/C38H22N2S.2C34H20N2S/c1-2-8-28-26(24-14-18-36-34(22-24)30-10-5-6-12-35(30)41-36)17-16-25(27(28)7-1)23-13-15-32-33(21-23)29-9-3-4-11-31(29)37-38(32)40-20-19-39-37;1-2-10-27-25(8-1)29-19-23(12-14-28(29)34-33(27)35-16-17-36-34)21-6-5-7-22(18-21)24-13-15-32-30(20-24)26-9-3-4-11-31(26)37-32;1-2-8-24(22-14-16-32-30(20-22)26-10-5-6-12-31(26)37-32)23(7-1)21-13-15-28-29(19-21)25-9-3-4-11-27(25)33-34(28)36-18-17-35-33/h1-22H;2*1-20H. The Kier molecular flexibility index (Phi) is 15.8. The Balaban J connectivity index is 0.000000102. The van der Waals surface area contributed by atoms with Crippen LogP contribution in [0.5, 0.6) is 0 Å². The summed E-state index contributed by atoms with van der Waals surface area (Å²) in [7, 11) is 0. The Hall–Kier alpha value is -14.3. The molecule has 534 valence electrons. The van der Waals surface area contributed by atoms with Crippen LogP contribution in [0.1, 0.15) is 0 Å². The van der Waals surface area contributed by atoms with Gasteiger partial charge in [0, 0.05) is 130 Å². The van der Waals surface area contributed by atoms with E-state index in [0.29, 0.717) is 0 Å². The van der Waals surface area contributed by atoms with Crippen molar-refractivity contribution < 1.29 is 0 Å². The summed E-state index contributed by atoms with van der Waals surface area (Å²) in [6.45, 7) is 0. The monoisotopic (exact) mass is 1510 g/mol. The van der Waals surface area contributed by atoms with Crippen LogP contribution in [-0.4, -0.2) is 29.9 Å². The highest BCUT2D eigenvalue weighted by Crippen LogP contribution is 2.46. The Morgan fingerprint density at radius 2 is 0.365 bits per heavy atom. The molecule has 0 fully saturated rings. The fourth-order valence-corrected chi connectivity index (χ4v) is 21.0. The Morgan fingerprint density at radius 3 is 0.730 bits per heavy atom. The van der Waals surface area contributed by atoms with Crippen LogP contribution in [0.25, 0.3) is 236 Å². The smallest absolute Gasteiger partial charge is 0.0971 e. The first kappa shape index (κ1) is 66.5. The van der Waals surface area contributed by atoms with Crippen LogP contribution in [0.3, 0.4) is 0 Å². The first-order valence-corrected chi connectivity index (χ1v) is 41.1. The zero-order valence-corrected chi connectivity index (χ0v) is 64.2. The highest BCUT2D eigenvalue weighted by Gasteiger charge is 2.20. The van der Waals surface area contributed by atoms with Crippen molar-refractivity contribution in [2.45, 2.75) is 0 Å². The predicted molar refractivity (Wildman–Crippen MR) is 492 cm³/mol. The van der Waals surface area contributed by atoms with Crippen molar-refractivity contribution in [3.8, 4) is 66.8 Å². The van der Waals surface area contributed by atoms with E-state index in [-0.39, 0.29) is 0 Å². The van der Waals surface area contributed by atoms with E-state index in [2.05, 4.69) is 355 Å². The Bertz CT molecular complexity index is 8240. The summed E-state index contributed by atoms with van der Waals surface area (Å²) in [5.41, 5.74) is 20.4. The number of rotatable bonds is 6. The fraction of sp³-hybridized carbons (Fsp3) is 0. The number of thiophene rings is 3. The van der Waals surface area contributed by atoms with Gasteiger partial charge in [-0.05, 0) is 189 Å². The summed E-state index contributed by atoms with van der Waals surface area (Å²) < 4.78 is 7.99. The first-order chi connectivity index (χ1) is 57.0. The number of hydrogen-bond donors (Lipinski definition) is 0. The molecule has 0 saturated carbocycles. The lowest BCUT2D eigenvalue weighted by molar-refractivity contribution is 1.31. The van der Waals surface area contributed by atoms with E-state index in [4.69, 9.17) is 15.0 Å². The maximum atomic E-state index is 4.73. The molecule has 0 aliphatic rings. The number of aromatic nitrogens is 6. The fourth-order valence-electron chi connectivity index (χ4n) is 17.8. The normalized spacial score (nSPS) is 11.8. The second-order valence-electron chi connectivity index (χ2n) is 29.4. The number of benzene rings is 19. The summed E-state index contributed by atoms with van der Waals surface area (Å²) in [5, 5.41) is 24.5. The second-order valence-corrected chi connectivity index (χ2v) is 32.7. The van der Waals surface area contributed by atoms with Crippen molar-refractivity contribution >= 4 is 203 Å². The van der Waals surface area contributed by atoms with E-state index in [0.717, 1.165) is 65.4 Å². The summed E-state index contributed by atoms with van der Waals surface area (Å²) in [4.78, 5) is 28.2. The van der Waals surface area contributed by atoms with Gasteiger partial charge in [-0.1, -0.05) is 261 Å². The minimum atomic E-state index is 0.948. The van der Waals surface area contributed by atoms with Crippen LogP contribution in [-0.2, 0) is 0 Å². The second kappa shape index (κ2) is 27.3. The number of nitrogens with zero attached hydrogens (tertiary/aromatic N) is 6. The quantitative estimate of drug-likeness (QED) is 0.154. The molecule has 19 aromatic carbocycles. The van der Waals surface area contributed by atoms with E-state index in [9.17, 15) is 0 Å². The van der Waals surface area contributed by atoms with Crippen molar-refractivity contribution in [2.75, 3.05) is 0 Å². The molecule has 6 nitrogen and oxygen atoms in total. The third kappa shape index (κ3) is 11.2. The summed E-state index contributed by atoms with van der Waals surface area (Å²) in [6, 6.07) is 123. The molecule has 115 heavy (non-hydrogen) atoms. The van der Waals surface area contributed by atoms with Crippen molar-refractivity contribution in [3.63, 3.8) is 0 Å². The van der Waals surface area contributed by atoms with Crippen molar-refractivity contribution in [2.24, 2.45) is 0 Å². The minimum Gasteiger partial charge on any atom is -0.252 e. The van der Waals surface area contributed by atoms with Crippen LogP contribution in [0.2, 0.25) is 0 Å². The van der Waals surface area contributed by atoms with E-state index in [1.165, 1.54) is 170 Å². The highest BCUT2D eigenvalue weighted by atomic mass is 32.1. The van der Waals surface area contributed by atoms with Crippen LogP contribution >= 0.6 is 34.0 Å². The average molecular weight is 1520 g/mol. The predicted octanol–water partition coefficient (Wildman–Crippen LogP) is 30.1. The average Bonchev–Trinajstić information content (AvgIpc) is 1.67. The molecular formula is C106H62N6S3. The lowest BCUT2D eigenvalue weighted by Gasteiger charge is -2.14. The molecule has 0 unspecified atom stereocenters. The number of hydrogen-bond acceptors (Lipinski definition) is 9. The molecule has 0 spiro atoms. The maximum Gasteiger partial charge on any atom is 0.0971 e. The third-order valence-electron chi connectivity index (χ3n) is 23.1. The van der Waals surface area contributed by atoms with Gasteiger partial charge in [0.05, 0.1) is 33.1 Å². The molecule has 0 bridgehead atoms. The van der Waals surface area contributed by atoms with Crippen molar-refractivity contribution in [3.05, 3.63) is 377 Å². The molecule has 0 aliphatic carbocycles. The maximum absolute atomic E-state index is 4.73. The third-order valence-corrected chi connectivity index (χ3v) is 26.5. The molecule has 0 atom stereocenters. The molecule has 0 radical (unpaired) electrons. The van der Waals surface area contributed by atoms with E-state index >= 15 is 0 Å². The van der Waals surface area contributed by atoms with Gasteiger partial charge in [-0.25, -0.2) is 0 Å². The van der Waals surface area contributed by atoms with Crippen LogP contribution in [0, 0.1) is 0 Å². The molecule has 25 rings (SSSR count). The summed E-state index contributed by atoms with van der Waals surface area (Å²) >= 11 is 5.58. The molecular weight excluding hydrogens is 1450 g/mol. The van der Waals surface area contributed by atoms with Crippen LogP contribution in [0.15, 0.2) is 377 Å². The first-order valence-electron chi connectivity index (χ1n) is 38.6. The molecule has 6 heterocycles. The van der Waals surface area contributed by atoms with Gasteiger partial charge in [-0.3, -0.25) is 29.9 Å². The van der Waals surface area contributed by atoms with Gasteiger partial charge in [-0.2, -0.15) is 0 Å². The topological polar surface area (TPSA) is 77.3 Å². The molecule has 25 aromatic rings. The van der Waals surface area contributed by atoms with Crippen LogP contribution in [0.4, 0.5) is 0 Å². The minimum absolute atomic E-state index is 0.948. The highest BCUT2D eigenvalue weighted by molar-refractivity contribution is 7.26. The molecule has 0 N–H and O–H groups in total. The Labute approximate surface area is 671 Å². The summed E-state index contributed by atoms with van der Waals surface area (Å²) in [5.74, 6) is 0. The SMILES string of the molecule is c1cc(-c2ccc3sc4ccccc4c3c2)cc(-c2ccc3c(c2)c2ccccc2c2nccnc32)c1.c1ccc(-c2ccc3c(c2)c2ccccc2c2nccnc32)c(-c2ccc3sc4ccccc4c3c2)c1.c1ccc2c(c1)sc1ccc(-c3ccc(-c4ccc5c(c4)c4ccccc4c4nccnc54)c4ccccc34)cc12. The molecule has 0 amide bonds. The van der Waals surface area contributed by atoms with Gasteiger partial charge < -0.3 is 0 Å². The van der Waals surface area contributed by atoms with Gasteiger partial charge in [-0.15, -0.1) is 34.0 Å². The van der Waals surface area contributed by atoms with Gasteiger partial charge in [0.15, 0.2) is 0 Å². The largest absolute Gasteiger partial charge is 0.252 e. The van der Waals surface area contributed by atoms with Crippen molar-refractivity contribution in [1.29, 1.82) is 0 Å². The van der Waals surface area contributed by atoms with E-state index in [1.807, 2.05) is 34.0 Å². The zero-order valence-electron chi connectivity index (χ0n) is 61.7.